The number of fused-ring (bicyclic) bond motifs is 1. The quantitative estimate of drug-likeness (QED) is 0.311. The van der Waals surface area contributed by atoms with Gasteiger partial charge in [-0.15, -0.1) is 5.10 Å². The van der Waals surface area contributed by atoms with E-state index < -0.39 is 6.04 Å². The molecule has 1 atom stereocenters. The van der Waals surface area contributed by atoms with E-state index in [1.54, 1.807) is 28.8 Å². The lowest BCUT2D eigenvalue weighted by Crippen LogP contribution is -2.47. The molecule has 1 aromatic heterocycles. The Balaban J connectivity index is 1.69. The number of aromatic nitrogens is 3. The summed E-state index contributed by atoms with van der Waals surface area (Å²) in [6.45, 7) is 5.67. The lowest BCUT2D eigenvalue weighted by atomic mass is 10.0. The van der Waals surface area contributed by atoms with Gasteiger partial charge in [-0.25, -0.2) is 4.68 Å². The van der Waals surface area contributed by atoms with Crippen molar-refractivity contribution in [3.05, 3.63) is 48.0 Å². The average Bonchev–Trinajstić information content (AvgIpc) is 3.61. The van der Waals surface area contributed by atoms with Gasteiger partial charge in [0, 0.05) is 25.8 Å². The van der Waals surface area contributed by atoms with Crippen LogP contribution in [0, 0.1) is 0 Å². The number of amides is 2. The molecule has 1 heterocycles. The predicted octanol–water partition coefficient (Wildman–Crippen LogP) is 3.89. The Morgan fingerprint density at radius 1 is 1.10 bits per heavy atom. The average molecular weight is 538 g/mol. The smallest absolute Gasteiger partial charge is 0.247 e. The van der Waals surface area contributed by atoms with Gasteiger partial charge in [0.15, 0.2) is 11.5 Å². The fraction of sp³-hybridized carbons (Fsp3) is 0.517. The van der Waals surface area contributed by atoms with E-state index in [4.69, 9.17) is 14.2 Å². The molecule has 2 aromatic carbocycles. The van der Waals surface area contributed by atoms with Gasteiger partial charge in [-0.3, -0.25) is 9.59 Å². The fourth-order valence-corrected chi connectivity index (χ4v) is 5.08. The molecule has 4 rings (SSSR count). The first kappa shape index (κ1) is 28.4. The van der Waals surface area contributed by atoms with Crippen LogP contribution in [0.2, 0.25) is 0 Å². The minimum atomic E-state index is -0.862. The summed E-state index contributed by atoms with van der Waals surface area (Å²) in [5, 5.41) is 11.6. The highest BCUT2D eigenvalue weighted by molar-refractivity contribution is 5.89. The van der Waals surface area contributed by atoms with Gasteiger partial charge in [0.2, 0.25) is 11.8 Å². The van der Waals surface area contributed by atoms with Gasteiger partial charge in [-0.05, 0) is 62.9 Å². The van der Waals surface area contributed by atoms with Gasteiger partial charge in [0.1, 0.15) is 18.1 Å². The molecular weight excluding hydrogens is 498 g/mol. The summed E-state index contributed by atoms with van der Waals surface area (Å²) in [5.41, 5.74) is 2.12. The van der Waals surface area contributed by atoms with Gasteiger partial charge >= 0.3 is 0 Å². The Kier molecular flexibility index (Phi) is 10.1. The van der Waals surface area contributed by atoms with E-state index >= 15 is 0 Å². The summed E-state index contributed by atoms with van der Waals surface area (Å²) in [4.78, 5) is 29.5. The maximum Gasteiger partial charge on any atom is 0.247 e. The van der Waals surface area contributed by atoms with Crippen LogP contribution in [0.3, 0.4) is 0 Å². The third kappa shape index (κ3) is 7.06. The van der Waals surface area contributed by atoms with Crippen LogP contribution in [-0.4, -0.2) is 71.2 Å². The zero-order chi connectivity index (χ0) is 27.6. The Bertz CT molecular complexity index is 1240. The molecule has 3 aromatic rings. The summed E-state index contributed by atoms with van der Waals surface area (Å²) in [5.74, 6) is 0.655. The highest BCUT2D eigenvalue weighted by atomic mass is 16.5. The molecule has 210 valence electrons. The number of nitrogens with zero attached hydrogens (tertiary/aromatic N) is 4. The first-order valence-electron chi connectivity index (χ1n) is 13.8. The van der Waals surface area contributed by atoms with Crippen molar-refractivity contribution in [2.75, 3.05) is 33.5 Å². The number of nitrogens with one attached hydrogen (secondary N) is 1. The molecular formula is C29H39N5O5. The largest absolute Gasteiger partial charge is 0.493 e. The van der Waals surface area contributed by atoms with E-state index in [0.29, 0.717) is 55.4 Å². The predicted molar refractivity (Wildman–Crippen MR) is 148 cm³/mol. The van der Waals surface area contributed by atoms with Gasteiger partial charge in [-0.1, -0.05) is 36.3 Å². The highest BCUT2D eigenvalue weighted by Crippen LogP contribution is 2.33. The van der Waals surface area contributed by atoms with Crippen LogP contribution in [0.15, 0.2) is 42.5 Å². The van der Waals surface area contributed by atoms with E-state index in [1.165, 1.54) is 0 Å². The van der Waals surface area contributed by atoms with Crippen LogP contribution in [-0.2, 0) is 20.9 Å². The Hall–Kier alpha value is -3.66. The van der Waals surface area contributed by atoms with Gasteiger partial charge < -0.3 is 24.4 Å². The summed E-state index contributed by atoms with van der Waals surface area (Å²) >= 11 is 0. The number of para-hydroxylation sites is 1. The van der Waals surface area contributed by atoms with Crippen molar-refractivity contribution in [3.8, 4) is 11.5 Å². The molecule has 1 aliphatic rings. The van der Waals surface area contributed by atoms with Gasteiger partial charge in [0.05, 0.1) is 19.2 Å². The van der Waals surface area contributed by atoms with Crippen molar-refractivity contribution >= 4 is 22.8 Å². The van der Waals surface area contributed by atoms with E-state index in [-0.39, 0.29) is 24.4 Å². The first-order valence-corrected chi connectivity index (χ1v) is 13.8. The van der Waals surface area contributed by atoms with Crippen molar-refractivity contribution < 1.29 is 23.8 Å². The summed E-state index contributed by atoms with van der Waals surface area (Å²) in [6, 6.07) is 12.2. The maximum atomic E-state index is 14.0. The number of hydrogen-bond donors (Lipinski definition) is 1. The molecule has 1 fully saturated rings. The lowest BCUT2D eigenvalue weighted by molar-refractivity contribution is -0.142. The normalized spacial score (nSPS) is 14.3. The summed E-state index contributed by atoms with van der Waals surface area (Å²) < 4.78 is 18.4. The first-order chi connectivity index (χ1) is 19.0. The highest BCUT2D eigenvalue weighted by Gasteiger charge is 2.34. The second-order valence-corrected chi connectivity index (χ2v) is 9.61. The van der Waals surface area contributed by atoms with Crippen molar-refractivity contribution in [1.29, 1.82) is 0 Å². The molecule has 1 N–H and O–H groups in total. The van der Waals surface area contributed by atoms with Crippen LogP contribution < -0.4 is 14.8 Å². The molecule has 0 aliphatic heterocycles. The Morgan fingerprint density at radius 3 is 2.64 bits per heavy atom. The number of ether oxygens (including phenoxy) is 3. The molecule has 0 radical (unpaired) electrons. The lowest BCUT2D eigenvalue weighted by Gasteiger charge is -2.32. The molecule has 39 heavy (non-hydrogen) atoms. The third-order valence-corrected chi connectivity index (χ3v) is 6.98. The maximum absolute atomic E-state index is 14.0. The van der Waals surface area contributed by atoms with E-state index in [1.807, 2.05) is 44.2 Å². The molecule has 0 spiro atoms. The van der Waals surface area contributed by atoms with Crippen LogP contribution in [0.4, 0.5) is 0 Å². The number of hydrogen-bond acceptors (Lipinski definition) is 7. The summed E-state index contributed by atoms with van der Waals surface area (Å²) in [7, 11) is 1.57. The fourth-order valence-electron chi connectivity index (χ4n) is 5.08. The van der Waals surface area contributed by atoms with Crippen molar-refractivity contribution in [2.45, 2.75) is 64.6 Å². The van der Waals surface area contributed by atoms with Crippen LogP contribution in [0.1, 0.15) is 57.6 Å². The minimum Gasteiger partial charge on any atom is -0.493 e. The third-order valence-electron chi connectivity index (χ3n) is 6.98. The van der Waals surface area contributed by atoms with Crippen LogP contribution >= 0.6 is 0 Å². The minimum absolute atomic E-state index is 0.0451. The zero-order valence-electron chi connectivity index (χ0n) is 23.1. The topological polar surface area (TPSA) is 108 Å². The molecule has 1 aliphatic carbocycles. The Labute approximate surface area is 229 Å². The molecule has 10 nitrogen and oxygen atoms in total. The number of carbonyl (C=O) groups is 2. The molecule has 1 saturated carbocycles. The zero-order valence-corrected chi connectivity index (χ0v) is 23.1. The van der Waals surface area contributed by atoms with Crippen LogP contribution in [0.25, 0.3) is 11.0 Å². The van der Waals surface area contributed by atoms with E-state index in [2.05, 4.69) is 15.6 Å². The second kappa shape index (κ2) is 13.9. The Morgan fingerprint density at radius 2 is 1.90 bits per heavy atom. The van der Waals surface area contributed by atoms with E-state index in [9.17, 15) is 9.59 Å². The SMILES string of the molecule is CCOCCCN(C(=O)Cn1nnc2ccccc21)[C@H](C(=O)NC1CCCC1)c1ccc(OCC)c(OC)c1. The molecule has 0 saturated heterocycles. The molecule has 0 bridgehead atoms. The summed E-state index contributed by atoms with van der Waals surface area (Å²) in [6.07, 6.45) is 4.63. The van der Waals surface area contributed by atoms with Crippen LogP contribution in [0.5, 0.6) is 11.5 Å². The monoisotopic (exact) mass is 537 g/mol. The molecule has 10 heteroatoms. The van der Waals surface area contributed by atoms with Crippen molar-refractivity contribution in [3.63, 3.8) is 0 Å². The second-order valence-electron chi connectivity index (χ2n) is 9.61. The van der Waals surface area contributed by atoms with E-state index in [0.717, 1.165) is 31.2 Å². The number of methoxy groups -OCH3 is 1. The van der Waals surface area contributed by atoms with Crippen molar-refractivity contribution in [1.82, 2.24) is 25.2 Å². The van der Waals surface area contributed by atoms with Gasteiger partial charge in [0.25, 0.3) is 0 Å². The van der Waals surface area contributed by atoms with Gasteiger partial charge in [-0.2, -0.15) is 0 Å². The standard InChI is InChI=1S/C29H39N5O5/c1-4-38-18-10-17-33(27(35)20-34-24-14-9-8-13-23(24)31-32-34)28(29(36)30-22-11-6-7-12-22)21-15-16-25(39-5-2)26(19-21)37-3/h8-9,13-16,19,22,28H,4-7,10-12,17-18,20H2,1-3H3,(H,30,36)/t28-/m0/s1. The number of rotatable bonds is 14. The number of benzene rings is 2. The molecule has 0 unspecified atom stereocenters. The van der Waals surface area contributed by atoms with Crippen molar-refractivity contribution in [2.24, 2.45) is 0 Å². The number of carbonyl (C=O) groups excluding carboxylic acids is 2. The molecule has 2 amide bonds.